The SMILES string of the molecule is CCCCC1CCN(C2(CCCC(C)C)CCC[N]2)C1. The largest absolute Gasteiger partial charge is 0.284 e. The molecule has 0 spiro atoms. The highest BCUT2D eigenvalue weighted by atomic mass is 15.3. The van der Waals surface area contributed by atoms with Crippen LogP contribution < -0.4 is 5.32 Å². The Kier molecular flexibility index (Phi) is 6.35. The lowest BCUT2D eigenvalue weighted by Gasteiger charge is -2.38. The van der Waals surface area contributed by atoms with E-state index in [4.69, 9.17) is 5.32 Å². The number of rotatable bonds is 8. The first kappa shape index (κ1) is 16.3. The van der Waals surface area contributed by atoms with Crippen molar-refractivity contribution in [3.63, 3.8) is 0 Å². The first-order valence-electron chi connectivity index (χ1n) is 9.10. The highest BCUT2D eigenvalue weighted by Gasteiger charge is 2.42. The van der Waals surface area contributed by atoms with Crippen LogP contribution in [0.15, 0.2) is 0 Å². The van der Waals surface area contributed by atoms with Crippen molar-refractivity contribution < 1.29 is 0 Å². The van der Waals surface area contributed by atoms with Gasteiger partial charge in [0, 0.05) is 19.6 Å². The summed E-state index contributed by atoms with van der Waals surface area (Å²) in [5, 5.41) is 5.09. The van der Waals surface area contributed by atoms with Crippen molar-refractivity contribution in [3.8, 4) is 0 Å². The molecule has 2 heteroatoms. The summed E-state index contributed by atoms with van der Waals surface area (Å²) < 4.78 is 0. The minimum absolute atomic E-state index is 0.246. The second-order valence-electron chi connectivity index (χ2n) is 7.50. The highest BCUT2D eigenvalue weighted by Crippen LogP contribution is 2.36. The molecule has 0 N–H and O–H groups in total. The van der Waals surface area contributed by atoms with Crippen LogP contribution in [0.5, 0.6) is 0 Å². The molecule has 2 atom stereocenters. The molecule has 2 heterocycles. The van der Waals surface area contributed by atoms with Crippen molar-refractivity contribution in [1.82, 2.24) is 10.2 Å². The minimum atomic E-state index is 0.246. The molecule has 0 aromatic heterocycles. The van der Waals surface area contributed by atoms with Crippen LogP contribution in [0.25, 0.3) is 0 Å². The Bertz CT molecular complexity index is 269. The molecular formula is C18H35N2. The van der Waals surface area contributed by atoms with Gasteiger partial charge in [-0.25, -0.2) is 5.32 Å². The van der Waals surface area contributed by atoms with Crippen molar-refractivity contribution in [1.29, 1.82) is 0 Å². The number of likely N-dealkylation sites (tertiary alicyclic amines) is 1. The quantitative estimate of drug-likeness (QED) is 0.643. The van der Waals surface area contributed by atoms with Gasteiger partial charge in [0.2, 0.25) is 0 Å². The van der Waals surface area contributed by atoms with Crippen LogP contribution in [0.4, 0.5) is 0 Å². The maximum absolute atomic E-state index is 5.09. The van der Waals surface area contributed by atoms with Crippen LogP contribution in [0, 0.1) is 11.8 Å². The van der Waals surface area contributed by atoms with Crippen LogP contribution in [0.1, 0.15) is 78.6 Å². The number of hydrogen-bond acceptors (Lipinski definition) is 1. The van der Waals surface area contributed by atoms with E-state index in [1.807, 2.05) is 0 Å². The van der Waals surface area contributed by atoms with Gasteiger partial charge in [-0.15, -0.1) is 0 Å². The van der Waals surface area contributed by atoms with Gasteiger partial charge in [-0.3, -0.25) is 4.90 Å². The Morgan fingerprint density at radius 1 is 1.30 bits per heavy atom. The van der Waals surface area contributed by atoms with Crippen LogP contribution in [0.2, 0.25) is 0 Å². The van der Waals surface area contributed by atoms with E-state index in [1.165, 1.54) is 70.9 Å². The maximum atomic E-state index is 5.09. The zero-order chi connectivity index (χ0) is 14.4. The fraction of sp³-hybridized carbons (Fsp3) is 1.00. The van der Waals surface area contributed by atoms with Crippen LogP contribution in [-0.2, 0) is 0 Å². The fourth-order valence-electron chi connectivity index (χ4n) is 4.08. The summed E-state index contributed by atoms with van der Waals surface area (Å²) >= 11 is 0. The molecule has 2 nitrogen and oxygen atoms in total. The molecule has 2 saturated heterocycles. The van der Waals surface area contributed by atoms with Crippen molar-refractivity contribution in [2.24, 2.45) is 11.8 Å². The van der Waals surface area contributed by atoms with Crippen LogP contribution in [0.3, 0.4) is 0 Å². The van der Waals surface area contributed by atoms with E-state index in [0.29, 0.717) is 0 Å². The molecule has 0 saturated carbocycles. The lowest BCUT2D eigenvalue weighted by atomic mass is 9.95. The van der Waals surface area contributed by atoms with E-state index in [9.17, 15) is 0 Å². The average molecular weight is 279 g/mol. The summed E-state index contributed by atoms with van der Waals surface area (Å²) in [6, 6.07) is 0. The topological polar surface area (TPSA) is 17.3 Å². The van der Waals surface area contributed by atoms with Crippen molar-refractivity contribution in [2.75, 3.05) is 19.6 Å². The van der Waals surface area contributed by atoms with Crippen LogP contribution in [-0.4, -0.2) is 30.2 Å². The number of nitrogens with zero attached hydrogens (tertiary/aromatic N) is 2. The standard InChI is InChI=1S/C18H35N2/c1-4-5-9-17-10-14-20(15-17)18(12-7-13-19-18)11-6-8-16(2)3/h16-17H,4-15H2,1-3H3. The van der Waals surface area contributed by atoms with Gasteiger partial charge >= 0.3 is 0 Å². The Morgan fingerprint density at radius 2 is 2.15 bits per heavy atom. The van der Waals surface area contributed by atoms with E-state index in [1.54, 1.807) is 0 Å². The van der Waals surface area contributed by atoms with Gasteiger partial charge in [-0.2, -0.15) is 0 Å². The van der Waals surface area contributed by atoms with E-state index >= 15 is 0 Å². The highest BCUT2D eigenvalue weighted by molar-refractivity contribution is 4.95. The molecule has 0 amide bonds. The van der Waals surface area contributed by atoms with Gasteiger partial charge in [-0.1, -0.05) is 40.0 Å². The smallest absolute Gasteiger partial charge is 0.0874 e. The third kappa shape index (κ3) is 4.21. The van der Waals surface area contributed by atoms with Crippen LogP contribution >= 0.6 is 0 Å². The summed E-state index contributed by atoms with van der Waals surface area (Å²) in [5.41, 5.74) is 0.246. The molecular weight excluding hydrogens is 244 g/mol. The molecule has 117 valence electrons. The molecule has 0 bridgehead atoms. The summed E-state index contributed by atoms with van der Waals surface area (Å²) in [7, 11) is 0. The van der Waals surface area contributed by atoms with Crippen molar-refractivity contribution >= 4 is 0 Å². The average Bonchev–Trinajstić information content (AvgIpc) is 3.05. The maximum Gasteiger partial charge on any atom is 0.0874 e. The summed E-state index contributed by atoms with van der Waals surface area (Å²) in [6.45, 7) is 10.7. The lowest BCUT2D eigenvalue weighted by molar-refractivity contribution is 0.0769. The third-order valence-corrected chi connectivity index (χ3v) is 5.34. The van der Waals surface area contributed by atoms with Crippen molar-refractivity contribution in [2.45, 2.75) is 84.2 Å². The van der Waals surface area contributed by atoms with Gasteiger partial charge in [0.25, 0.3) is 0 Å². The number of unbranched alkanes of at least 4 members (excludes halogenated alkanes) is 1. The molecule has 1 radical (unpaired) electrons. The molecule has 0 aromatic rings. The summed E-state index contributed by atoms with van der Waals surface area (Å²) in [6.07, 6.45) is 12.3. The third-order valence-electron chi connectivity index (χ3n) is 5.34. The predicted molar refractivity (Wildman–Crippen MR) is 86.9 cm³/mol. The molecule has 2 fully saturated rings. The normalized spacial score (nSPS) is 31.5. The van der Waals surface area contributed by atoms with E-state index in [2.05, 4.69) is 25.7 Å². The van der Waals surface area contributed by atoms with Gasteiger partial charge in [-0.05, 0) is 50.4 Å². The van der Waals surface area contributed by atoms with Crippen molar-refractivity contribution in [3.05, 3.63) is 0 Å². The Hall–Kier alpha value is -0.0800. The zero-order valence-electron chi connectivity index (χ0n) is 14.0. The van der Waals surface area contributed by atoms with E-state index in [0.717, 1.165) is 18.4 Å². The summed E-state index contributed by atoms with van der Waals surface area (Å²) in [4.78, 5) is 2.76. The molecule has 2 aliphatic rings. The van der Waals surface area contributed by atoms with Gasteiger partial charge in [0.1, 0.15) is 0 Å². The molecule has 2 aliphatic heterocycles. The number of hydrogen-bond donors (Lipinski definition) is 0. The monoisotopic (exact) mass is 279 g/mol. The Balaban J connectivity index is 1.85. The fourth-order valence-corrected chi connectivity index (χ4v) is 4.08. The van der Waals surface area contributed by atoms with Gasteiger partial charge < -0.3 is 0 Å². The summed E-state index contributed by atoms with van der Waals surface area (Å²) in [5.74, 6) is 1.79. The first-order chi connectivity index (χ1) is 9.66. The van der Waals surface area contributed by atoms with E-state index < -0.39 is 0 Å². The first-order valence-corrected chi connectivity index (χ1v) is 9.10. The lowest BCUT2D eigenvalue weighted by Crippen LogP contribution is -2.51. The second kappa shape index (κ2) is 7.79. The van der Waals surface area contributed by atoms with Gasteiger partial charge in [0.15, 0.2) is 0 Å². The second-order valence-corrected chi connectivity index (χ2v) is 7.50. The molecule has 2 rings (SSSR count). The zero-order valence-corrected chi connectivity index (χ0v) is 14.0. The molecule has 0 aromatic carbocycles. The molecule has 2 unspecified atom stereocenters. The molecule has 20 heavy (non-hydrogen) atoms. The predicted octanol–water partition coefficient (Wildman–Crippen LogP) is 4.42. The molecule has 0 aliphatic carbocycles. The minimum Gasteiger partial charge on any atom is -0.284 e. The Labute approximate surface area is 126 Å². The van der Waals surface area contributed by atoms with Gasteiger partial charge in [0.05, 0.1) is 5.66 Å². The Morgan fingerprint density at radius 3 is 2.80 bits per heavy atom. The van der Waals surface area contributed by atoms with E-state index in [-0.39, 0.29) is 5.66 Å².